The van der Waals surface area contributed by atoms with Crippen molar-refractivity contribution in [3.05, 3.63) is 88.1 Å². The van der Waals surface area contributed by atoms with Gasteiger partial charge < -0.3 is 10.2 Å². The van der Waals surface area contributed by atoms with Crippen LogP contribution in [0, 0.1) is 11.7 Å². The van der Waals surface area contributed by atoms with E-state index in [0.717, 1.165) is 37.2 Å². The summed E-state index contributed by atoms with van der Waals surface area (Å²) in [5.41, 5.74) is 2.09. The number of fused-ring (bicyclic) bond motifs is 1. The van der Waals surface area contributed by atoms with Crippen molar-refractivity contribution in [2.45, 2.75) is 18.9 Å². The molecule has 2 aromatic carbocycles. The highest BCUT2D eigenvalue weighted by Crippen LogP contribution is 2.32. The van der Waals surface area contributed by atoms with Crippen molar-refractivity contribution < 1.29 is 14.0 Å². The highest BCUT2D eigenvalue weighted by molar-refractivity contribution is 6.33. The van der Waals surface area contributed by atoms with E-state index in [9.17, 15) is 14.0 Å². The Hall–Kier alpha value is -3.63. The number of hydrogen-bond donors (Lipinski definition) is 2. The fourth-order valence-corrected chi connectivity index (χ4v) is 5.06. The van der Waals surface area contributed by atoms with Crippen LogP contribution in [-0.2, 0) is 11.2 Å². The SMILES string of the molecule is O=C(Cc1nnn[nH]1)N[C@@H](CCN1CC2=CN(C(=O)c3c(F)cccc3Cl)CC2C1)c1ccccc1. The zero-order valence-corrected chi connectivity index (χ0v) is 20.2. The van der Waals surface area contributed by atoms with E-state index in [1.165, 1.54) is 18.2 Å². The molecule has 2 N–H and O–H groups in total. The largest absolute Gasteiger partial charge is 0.349 e. The van der Waals surface area contributed by atoms with Crippen LogP contribution in [-0.4, -0.2) is 68.4 Å². The van der Waals surface area contributed by atoms with Crippen molar-refractivity contribution in [1.82, 2.24) is 35.7 Å². The molecule has 0 saturated carbocycles. The molecule has 1 saturated heterocycles. The van der Waals surface area contributed by atoms with Gasteiger partial charge in [-0.2, -0.15) is 0 Å². The molecular formula is C25H25ClFN7O2. The number of carbonyl (C=O) groups is 2. The minimum absolute atomic E-state index is 0.0743. The van der Waals surface area contributed by atoms with Crippen LogP contribution in [0.3, 0.4) is 0 Å². The lowest BCUT2D eigenvalue weighted by molar-refractivity contribution is -0.121. The van der Waals surface area contributed by atoms with E-state index >= 15 is 0 Å². The van der Waals surface area contributed by atoms with Gasteiger partial charge in [-0.15, -0.1) is 5.10 Å². The van der Waals surface area contributed by atoms with Crippen LogP contribution in [0.4, 0.5) is 4.39 Å². The van der Waals surface area contributed by atoms with E-state index < -0.39 is 11.7 Å². The summed E-state index contributed by atoms with van der Waals surface area (Å²) in [5.74, 6) is -0.583. The number of halogens is 2. The predicted octanol–water partition coefficient (Wildman–Crippen LogP) is 2.75. The lowest BCUT2D eigenvalue weighted by atomic mass is 10.0. The zero-order chi connectivity index (χ0) is 25.1. The van der Waals surface area contributed by atoms with Gasteiger partial charge in [0.05, 0.1) is 23.0 Å². The van der Waals surface area contributed by atoms with Gasteiger partial charge >= 0.3 is 0 Å². The second kappa shape index (κ2) is 10.5. The molecule has 36 heavy (non-hydrogen) atoms. The molecule has 1 fully saturated rings. The minimum Gasteiger partial charge on any atom is -0.349 e. The van der Waals surface area contributed by atoms with Crippen molar-refractivity contribution in [3.8, 4) is 0 Å². The number of nitrogens with zero attached hydrogens (tertiary/aromatic N) is 5. The number of carbonyl (C=O) groups excluding carboxylic acids is 2. The monoisotopic (exact) mass is 509 g/mol. The number of likely N-dealkylation sites (tertiary alicyclic amines) is 1. The van der Waals surface area contributed by atoms with Gasteiger partial charge in [-0.1, -0.05) is 48.0 Å². The molecule has 0 spiro atoms. The van der Waals surface area contributed by atoms with Gasteiger partial charge in [0.2, 0.25) is 5.91 Å². The van der Waals surface area contributed by atoms with Crippen LogP contribution in [0.25, 0.3) is 0 Å². The quantitative estimate of drug-likeness (QED) is 0.483. The number of nitrogens with one attached hydrogen (secondary N) is 2. The molecule has 3 aromatic rings. The van der Waals surface area contributed by atoms with Crippen LogP contribution >= 0.6 is 11.6 Å². The second-order valence-corrected chi connectivity index (χ2v) is 9.44. The number of rotatable bonds is 8. The van der Waals surface area contributed by atoms with Crippen LogP contribution in [0.15, 0.2) is 60.3 Å². The highest BCUT2D eigenvalue weighted by atomic mass is 35.5. The Kier molecular flexibility index (Phi) is 7.06. The third kappa shape index (κ3) is 5.29. The molecule has 2 aliphatic heterocycles. The first-order valence-electron chi connectivity index (χ1n) is 11.7. The van der Waals surface area contributed by atoms with Crippen molar-refractivity contribution in [3.63, 3.8) is 0 Å². The van der Waals surface area contributed by atoms with Gasteiger partial charge in [0.1, 0.15) is 5.82 Å². The lowest BCUT2D eigenvalue weighted by Gasteiger charge is -2.24. The Balaban J connectivity index is 1.20. The van der Waals surface area contributed by atoms with Crippen LogP contribution in [0.2, 0.25) is 5.02 Å². The maximum atomic E-state index is 14.2. The van der Waals surface area contributed by atoms with Crippen molar-refractivity contribution in [1.29, 1.82) is 0 Å². The minimum atomic E-state index is -0.613. The summed E-state index contributed by atoms with van der Waals surface area (Å²) >= 11 is 6.09. The van der Waals surface area contributed by atoms with Gasteiger partial charge in [-0.25, -0.2) is 9.49 Å². The van der Waals surface area contributed by atoms with Gasteiger partial charge in [0, 0.05) is 38.3 Å². The van der Waals surface area contributed by atoms with Crippen molar-refractivity contribution in [2.24, 2.45) is 5.92 Å². The predicted molar refractivity (Wildman–Crippen MR) is 130 cm³/mol. The summed E-state index contributed by atoms with van der Waals surface area (Å²) in [5, 5.41) is 16.6. The molecule has 186 valence electrons. The van der Waals surface area contributed by atoms with E-state index in [1.807, 2.05) is 36.5 Å². The topological polar surface area (TPSA) is 107 Å². The van der Waals surface area contributed by atoms with Crippen molar-refractivity contribution in [2.75, 3.05) is 26.2 Å². The van der Waals surface area contributed by atoms with Crippen molar-refractivity contribution >= 4 is 23.4 Å². The number of amides is 2. The molecule has 9 nitrogen and oxygen atoms in total. The number of hydrogen-bond acceptors (Lipinski definition) is 6. The van der Waals surface area contributed by atoms with E-state index in [2.05, 4.69) is 30.8 Å². The van der Waals surface area contributed by atoms with Gasteiger partial charge in [0.15, 0.2) is 5.82 Å². The van der Waals surface area contributed by atoms with Crippen LogP contribution in [0.5, 0.6) is 0 Å². The lowest BCUT2D eigenvalue weighted by Crippen LogP contribution is -2.34. The third-order valence-corrected chi connectivity index (χ3v) is 6.89. The smallest absolute Gasteiger partial charge is 0.262 e. The average Bonchev–Trinajstić information content (AvgIpc) is 3.59. The summed E-state index contributed by atoms with van der Waals surface area (Å²) in [6.07, 6.45) is 2.63. The molecule has 11 heteroatoms. The molecule has 0 bridgehead atoms. The van der Waals surface area contributed by atoms with E-state index in [0.29, 0.717) is 12.4 Å². The second-order valence-electron chi connectivity index (χ2n) is 9.03. The molecule has 2 atom stereocenters. The molecule has 2 amide bonds. The Bertz CT molecular complexity index is 1250. The van der Waals surface area contributed by atoms with E-state index in [-0.39, 0.29) is 34.9 Å². The molecule has 3 heterocycles. The highest BCUT2D eigenvalue weighted by Gasteiger charge is 2.36. The number of tetrazole rings is 1. The molecule has 2 aliphatic rings. The molecule has 1 aromatic heterocycles. The number of aromatic amines is 1. The van der Waals surface area contributed by atoms with Crippen LogP contribution < -0.4 is 5.32 Å². The molecule has 0 radical (unpaired) electrons. The summed E-state index contributed by atoms with van der Waals surface area (Å²) in [7, 11) is 0. The number of benzene rings is 2. The Morgan fingerprint density at radius 3 is 2.72 bits per heavy atom. The molecule has 1 unspecified atom stereocenters. The first-order valence-corrected chi connectivity index (χ1v) is 12.1. The van der Waals surface area contributed by atoms with Gasteiger partial charge in [-0.3, -0.25) is 14.5 Å². The third-order valence-electron chi connectivity index (χ3n) is 6.57. The standard InChI is InChI=1S/C25H25ClFN7O2/c26-19-7-4-8-20(27)24(19)25(36)34-14-17-12-33(13-18(17)15-34)10-9-21(16-5-2-1-3-6-16)28-23(35)11-22-29-31-32-30-22/h1-8,14,18,21H,9-13,15H2,(H,28,35)(H,29,30,31,32)/t18?,21-/m0/s1. The summed E-state index contributed by atoms with van der Waals surface area (Å²) in [4.78, 5) is 29.3. The van der Waals surface area contributed by atoms with Gasteiger partial charge in [0.25, 0.3) is 5.91 Å². The first kappa shape index (κ1) is 24.1. The summed E-state index contributed by atoms with van der Waals surface area (Å²) in [6, 6.07) is 13.9. The fraction of sp³-hybridized carbons (Fsp3) is 0.320. The van der Waals surface area contributed by atoms with Gasteiger partial charge in [-0.05, 0) is 40.1 Å². The summed E-state index contributed by atoms with van der Waals surface area (Å²) < 4.78 is 14.2. The molecule has 0 aliphatic carbocycles. The fourth-order valence-electron chi connectivity index (χ4n) is 4.82. The van der Waals surface area contributed by atoms with E-state index in [1.54, 1.807) is 4.90 Å². The van der Waals surface area contributed by atoms with E-state index in [4.69, 9.17) is 11.6 Å². The Labute approximate surface area is 212 Å². The zero-order valence-electron chi connectivity index (χ0n) is 19.4. The Morgan fingerprint density at radius 2 is 2.00 bits per heavy atom. The first-order chi connectivity index (χ1) is 17.5. The maximum absolute atomic E-state index is 14.2. The maximum Gasteiger partial charge on any atom is 0.262 e. The molecular weight excluding hydrogens is 485 g/mol. The number of H-pyrrole nitrogens is 1. The van der Waals surface area contributed by atoms with Crippen LogP contribution in [0.1, 0.15) is 34.2 Å². The Morgan fingerprint density at radius 1 is 1.17 bits per heavy atom. The number of aromatic nitrogens is 4. The average molecular weight is 510 g/mol. The molecule has 5 rings (SSSR count). The summed E-state index contributed by atoms with van der Waals surface area (Å²) in [6.45, 7) is 2.78. The normalized spacial score (nSPS) is 18.1.